The van der Waals surface area contributed by atoms with Crippen molar-refractivity contribution in [1.29, 1.82) is 10.5 Å². The smallest absolute Gasteiger partial charge is 0.235 e. The number of hydrogen-bond acceptors (Lipinski definition) is 8. The van der Waals surface area contributed by atoms with E-state index in [9.17, 15) is 15.3 Å². The second kappa shape index (κ2) is 9.28. The van der Waals surface area contributed by atoms with Crippen molar-refractivity contribution in [2.45, 2.75) is 37.3 Å². The van der Waals surface area contributed by atoms with E-state index in [-0.39, 0.29) is 11.7 Å². The molecule has 6 nitrogen and oxygen atoms in total. The number of rotatable bonds is 5. The van der Waals surface area contributed by atoms with Gasteiger partial charge in [0.05, 0.1) is 16.9 Å². The van der Waals surface area contributed by atoms with Crippen molar-refractivity contribution in [3.8, 4) is 23.3 Å². The molecule has 3 aromatic rings. The van der Waals surface area contributed by atoms with Gasteiger partial charge in [0.1, 0.15) is 22.2 Å². The second-order valence-corrected chi connectivity index (χ2v) is 11.1. The fourth-order valence-corrected chi connectivity index (χ4v) is 7.22. The van der Waals surface area contributed by atoms with Crippen molar-refractivity contribution in [3.05, 3.63) is 49.7 Å². The number of aromatic nitrogens is 1. The van der Waals surface area contributed by atoms with Crippen LogP contribution in [-0.2, 0) is 30.6 Å². The number of nitrogens with zero attached hydrogens (tertiary/aromatic N) is 4. The zero-order chi connectivity index (χ0) is 22.9. The minimum atomic E-state index is -0.184. The third kappa shape index (κ3) is 4.18. The minimum absolute atomic E-state index is 0.136. The molecule has 9 heteroatoms. The molecule has 0 bridgehead atoms. The highest BCUT2D eigenvalue weighted by Gasteiger charge is 2.26. The van der Waals surface area contributed by atoms with E-state index >= 15 is 0 Å². The van der Waals surface area contributed by atoms with Crippen LogP contribution in [0.25, 0.3) is 11.1 Å². The van der Waals surface area contributed by atoms with Gasteiger partial charge in [0.2, 0.25) is 5.91 Å². The monoisotopic (exact) mass is 491 g/mol. The molecule has 0 unspecified atom stereocenters. The van der Waals surface area contributed by atoms with Crippen molar-refractivity contribution in [2.75, 3.05) is 24.7 Å². The summed E-state index contributed by atoms with van der Waals surface area (Å²) < 4.78 is 0. The molecule has 0 radical (unpaired) electrons. The van der Waals surface area contributed by atoms with Gasteiger partial charge in [-0.25, -0.2) is 4.98 Å². The molecule has 1 aliphatic carbocycles. The van der Waals surface area contributed by atoms with E-state index in [0.717, 1.165) is 66.7 Å². The third-order valence-electron chi connectivity index (χ3n) is 6.06. The Balaban J connectivity index is 1.41. The summed E-state index contributed by atoms with van der Waals surface area (Å²) in [6.07, 6.45) is 3.78. The lowest BCUT2D eigenvalue weighted by Gasteiger charge is -2.27. The topological polar surface area (TPSA) is 92.8 Å². The Bertz CT molecular complexity index is 1310. The summed E-state index contributed by atoms with van der Waals surface area (Å²) in [4.78, 5) is 21.1. The van der Waals surface area contributed by atoms with Crippen LogP contribution in [0.5, 0.6) is 0 Å². The van der Waals surface area contributed by atoms with Crippen LogP contribution in [-0.4, -0.2) is 35.1 Å². The van der Waals surface area contributed by atoms with Gasteiger partial charge in [0.25, 0.3) is 0 Å². The number of fused-ring (bicyclic) bond motifs is 2. The number of thiophene rings is 2. The third-order valence-corrected chi connectivity index (χ3v) is 8.92. The first-order valence-corrected chi connectivity index (χ1v) is 13.5. The van der Waals surface area contributed by atoms with Crippen molar-refractivity contribution in [2.24, 2.45) is 0 Å². The summed E-state index contributed by atoms with van der Waals surface area (Å²) in [6.45, 7) is 1.67. The average molecular weight is 492 g/mol. The van der Waals surface area contributed by atoms with Crippen LogP contribution >= 0.6 is 34.4 Å². The Morgan fingerprint density at radius 2 is 2.09 bits per heavy atom. The van der Waals surface area contributed by atoms with Crippen LogP contribution < -0.4 is 5.32 Å². The number of aryl methyl sites for hydroxylation is 1. The highest BCUT2D eigenvalue weighted by molar-refractivity contribution is 8.00. The van der Waals surface area contributed by atoms with Gasteiger partial charge in [0, 0.05) is 35.6 Å². The van der Waals surface area contributed by atoms with Crippen LogP contribution in [0.2, 0.25) is 0 Å². The van der Waals surface area contributed by atoms with E-state index in [1.54, 1.807) is 11.3 Å². The Kier molecular flexibility index (Phi) is 6.22. The molecule has 1 N–H and O–H groups in total. The number of pyridine rings is 1. The van der Waals surface area contributed by atoms with E-state index in [2.05, 4.69) is 34.8 Å². The molecule has 1 amide bonds. The lowest BCUT2D eigenvalue weighted by molar-refractivity contribution is -0.113. The van der Waals surface area contributed by atoms with Crippen LogP contribution in [0.1, 0.15) is 39.2 Å². The highest BCUT2D eigenvalue weighted by atomic mass is 32.2. The Morgan fingerprint density at radius 1 is 1.24 bits per heavy atom. The normalized spacial score (nSPS) is 14.9. The summed E-state index contributed by atoms with van der Waals surface area (Å²) in [5.41, 5.74) is 6.34. The maximum atomic E-state index is 12.8. The molecule has 1 aliphatic heterocycles. The zero-order valence-corrected chi connectivity index (χ0v) is 20.6. The van der Waals surface area contributed by atoms with Gasteiger partial charge in [-0.1, -0.05) is 11.8 Å². The molecule has 0 spiro atoms. The van der Waals surface area contributed by atoms with Gasteiger partial charge < -0.3 is 10.2 Å². The lowest BCUT2D eigenvalue weighted by atomic mass is 9.93. The number of carbonyl (C=O) groups excluding carboxylic acids is 1. The van der Waals surface area contributed by atoms with Crippen LogP contribution in [0.4, 0.5) is 5.00 Å². The zero-order valence-electron chi connectivity index (χ0n) is 18.1. The predicted octanol–water partition coefficient (Wildman–Crippen LogP) is 4.82. The molecule has 166 valence electrons. The molecule has 33 heavy (non-hydrogen) atoms. The number of carbonyl (C=O) groups is 1. The van der Waals surface area contributed by atoms with Crippen LogP contribution in [0, 0.1) is 22.7 Å². The summed E-state index contributed by atoms with van der Waals surface area (Å²) in [5, 5.41) is 27.9. The van der Waals surface area contributed by atoms with Gasteiger partial charge in [-0.05, 0) is 59.8 Å². The van der Waals surface area contributed by atoms with Crippen LogP contribution in [0.15, 0.2) is 21.9 Å². The summed E-state index contributed by atoms with van der Waals surface area (Å²) in [7, 11) is 2.08. The van der Waals surface area contributed by atoms with Crippen molar-refractivity contribution >= 4 is 45.3 Å². The minimum Gasteiger partial charge on any atom is -0.316 e. The van der Waals surface area contributed by atoms with E-state index < -0.39 is 0 Å². The molecule has 0 atom stereocenters. The molecule has 0 saturated heterocycles. The summed E-state index contributed by atoms with van der Waals surface area (Å²) in [5.74, 6) is -0.0479. The molecular weight excluding hydrogens is 470 g/mol. The van der Waals surface area contributed by atoms with E-state index in [1.165, 1.54) is 28.0 Å². The molecule has 0 aromatic carbocycles. The predicted molar refractivity (Wildman–Crippen MR) is 133 cm³/mol. The first-order valence-electron chi connectivity index (χ1n) is 10.7. The van der Waals surface area contributed by atoms with Crippen molar-refractivity contribution < 1.29 is 4.79 Å². The quantitative estimate of drug-likeness (QED) is 0.514. The summed E-state index contributed by atoms with van der Waals surface area (Å²) in [6, 6.07) is 6.67. The van der Waals surface area contributed by atoms with Crippen molar-refractivity contribution in [3.63, 3.8) is 0 Å². The first-order chi connectivity index (χ1) is 16.1. The molecular formula is C24H21N5OS3. The molecule has 4 heterocycles. The van der Waals surface area contributed by atoms with E-state index in [4.69, 9.17) is 4.98 Å². The number of hydrogen-bond donors (Lipinski definition) is 1. The van der Waals surface area contributed by atoms with Gasteiger partial charge in [-0.3, -0.25) is 4.79 Å². The Morgan fingerprint density at radius 3 is 2.85 bits per heavy atom. The number of amides is 1. The second-order valence-electron chi connectivity index (χ2n) is 8.21. The maximum Gasteiger partial charge on any atom is 0.235 e. The first kappa shape index (κ1) is 22.1. The SMILES string of the molecule is CN1CCc2nc(SCC(=O)Nc3sc4c(c3C#N)CCC4)c(C#N)c(-c3ccsc3)c2C1. The molecule has 0 fully saturated rings. The van der Waals surface area contributed by atoms with E-state index in [1.807, 2.05) is 11.4 Å². The Hall–Kier alpha value is -2.69. The van der Waals surface area contributed by atoms with Gasteiger partial charge in [0.15, 0.2) is 0 Å². The standard InChI is InChI=1S/C24H21N5OS3/c1-29-7-5-19-18(11-29)22(14-6-8-31-12-14)17(10-26)23(27-19)32-13-21(30)28-24-16(9-25)15-3-2-4-20(15)33-24/h6,8,12H,2-5,7,11,13H2,1H3,(H,28,30). The van der Waals surface area contributed by atoms with Gasteiger partial charge in [-0.2, -0.15) is 21.9 Å². The Labute approximate surface area is 204 Å². The molecule has 2 aliphatic rings. The fraction of sp³-hybridized carbons (Fsp3) is 0.333. The van der Waals surface area contributed by atoms with E-state index in [0.29, 0.717) is 21.2 Å². The van der Waals surface area contributed by atoms with Gasteiger partial charge >= 0.3 is 0 Å². The number of thioether (sulfide) groups is 1. The number of anilines is 1. The molecule has 3 aromatic heterocycles. The molecule has 5 rings (SSSR count). The molecule has 0 saturated carbocycles. The number of likely N-dealkylation sites (N-methyl/N-ethyl adjacent to an activating group) is 1. The fourth-order valence-electron chi connectivity index (χ4n) is 4.51. The maximum absolute atomic E-state index is 12.8. The lowest BCUT2D eigenvalue weighted by Crippen LogP contribution is -2.28. The number of nitriles is 2. The van der Waals surface area contributed by atoms with Crippen LogP contribution in [0.3, 0.4) is 0 Å². The highest BCUT2D eigenvalue weighted by Crippen LogP contribution is 2.40. The number of nitrogens with one attached hydrogen (secondary N) is 1. The average Bonchev–Trinajstić information content (AvgIpc) is 3.54. The summed E-state index contributed by atoms with van der Waals surface area (Å²) >= 11 is 4.41. The van der Waals surface area contributed by atoms with Gasteiger partial charge in [-0.15, -0.1) is 11.3 Å². The largest absolute Gasteiger partial charge is 0.316 e. The van der Waals surface area contributed by atoms with Crippen molar-refractivity contribution in [1.82, 2.24) is 9.88 Å².